The molecule has 0 aromatic carbocycles. The monoisotopic (exact) mass is 248 g/mol. The first-order chi connectivity index (χ1) is 8.76. The van der Waals surface area contributed by atoms with Gasteiger partial charge in [0.2, 0.25) is 0 Å². The Bertz CT molecular complexity index is 412. The summed E-state index contributed by atoms with van der Waals surface area (Å²) in [6.07, 6.45) is 8.18. The van der Waals surface area contributed by atoms with Crippen LogP contribution in [0.2, 0.25) is 0 Å². The Morgan fingerprint density at radius 2 is 2.33 bits per heavy atom. The summed E-state index contributed by atoms with van der Waals surface area (Å²) >= 11 is 0. The van der Waals surface area contributed by atoms with Gasteiger partial charge >= 0.3 is 0 Å². The summed E-state index contributed by atoms with van der Waals surface area (Å²) in [7, 11) is 0. The minimum atomic E-state index is 0.158. The van der Waals surface area contributed by atoms with Gasteiger partial charge in [0, 0.05) is 19.2 Å². The highest BCUT2D eigenvalue weighted by molar-refractivity contribution is 5.09. The number of rotatable bonds is 3. The second-order valence-electron chi connectivity index (χ2n) is 5.77. The summed E-state index contributed by atoms with van der Waals surface area (Å²) in [6, 6.07) is 0. The molecule has 0 aliphatic carbocycles. The molecule has 3 heterocycles. The molecule has 0 radical (unpaired) electrons. The summed E-state index contributed by atoms with van der Waals surface area (Å²) in [5.41, 5.74) is 7.38. The lowest BCUT2D eigenvalue weighted by molar-refractivity contribution is 0.341. The zero-order valence-electron chi connectivity index (χ0n) is 11.3. The number of likely N-dealkylation sites (tertiary alicyclic amines) is 1. The van der Waals surface area contributed by atoms with Crippen LogP contribution in [0, 0.1) is 5.92 Å². The molecular weight excluding hydrogens is 224 g/mol. The highest BCUT2D eigenvalue weighted by Gasteiger charge is 2.24. The van der Waals surface area contributed by atoms with Crippen LogP contribution in [0.5, 0.6) is 0 Å². The average Bonchev–Trinajstić information content (AvgIpc) is 2.96. The van der Waals surface area contributed by atoms with Crippen molar-refractivity contribution in [2.45, 2.75) is 45.2 Å². The first-order valence-corrected chi connectivity index (χ1v) is 7.31. The van der Waals surface area contributed by atoms with Crippen molar-refractivity contribution in [3.63, 3.8) is 0 Å². The van der Waals surface area contributed by atoms with Crippen LogP contribution in [-0.2, 0) is 12.8 Å². The van der Waals surface area contributed by atoms with E-state index in [0.29, 0.717) is 0 Å². The Morgan fingerprint density at radius 3 is 3.06 bits per heavy atom. The molecule has 4 nitrogen and oxygen atoms in total. The molecule has 4 heteroatoms. The normalized spacial score (nSPS) is 28.6. The van der Waals surface area contributed by atoms with Gasteiger partial charge in [-0.2, -0.15) is 0 Å². The second kappa shape index (κ2) is 5.02. The molecule has 0 amide bonds. The Kier molecular flexibility index (Phi) is 3.39. The second-order valence-corrected chi connectivity index (χ2v) is 5.77. The van der Waals surface area contributed by atoms with Crippen LogP contribution in [0.4, 0.5) is 0 Å². The average molecular weight is 248 g/mol. The van der Waals surface area contributed by atoms with Crippen molar-refractivity contribution in [1.29, 1.82) is 0 Å². The topological polar surface area (TPSA) is 47.1 Å². The van der Waals surface area contributed by atoms with Gasteiger partial charge < -0.3 is 15.2 Å². The molecule has 0 bridgehead atoms. The van der Waals surface area contributed by atoms with Gasteiger partial charge in [0.15, 0.2) is 0 Å². The van der Waals surface area contributed by atoms with Crippen molar-refractivity contribution < 1.29 is 0 Å². The molecule has 1 fully saturated rings. The zero-order chi connectivity index (χ0) is 12.5. The summed E-state index contributed by atoms with van der Waals surface area (Å²) in [6.45, 7) is 5.93. The molecule has 0 spiro atoms. The molecule has 0 saturated carbocycles. The standard InChI is InChI=1S/C14H24N4/c1-2-17-7-6-11(9-17)8-12-10-18-13(15)4-3-5-14(18)16-12/h10-11,13H,2-9,15H2,1H3. The molecule has 100 valence electrons. The van der Waals surface area contributed by atoms with E-state index in [1.165, 1.54) is 44.0 Å². The summed E-state index contributed by atoms with van der Waals surface area (Å²) in [5.74, 6) is 1.99. The van der Waals surface area contributed by atoms with Crippen LogP contribution in [0.1, 0.15) is 43.9 Å². The molecule has 2 N–H and O–H groups in total. The summed E-state index contributed by atoms with van der Waals surface area (Å²) < 4.78 is 2.20. The third-order valence-corrected chi connectivity index (χ3v) is 4.43. The van der Waals surface area contributed by atoms with Gasteiger partial charge in [0.05, 0.1) is 11.9 Å². The number of aryl methyl sites for hydroxylation is 1. The van der Waals surface area contributed by atoms with Crippen molar-refractivity contribution in [3.8, 4) is 0 Å². The first-order valence-electron chi connectivity index (χ1n) is 7.31. The molecule has 1 saturated heterocycles. The Hall–Kier alpha value is -0.870. The van der Waals surface area contributed by atoms with E-state index < -0.39 is 0 Å². The maximum atomic E-state index is 6.13. The van der Waals surface area contributed by atoms with Gasteiger partial charge in [-0.05, 0) is 44.7 Å². The Balaban J connectivity index is 1.67. The number of nitrogens with two attached hydrogens (primary N) is 1. The number of nitrogens with zero attached hydrogens (tertiary/aromatic N) is 3. The largest absolute Gasteiger partial charge is 0.319 e. The quantitative estimate of drug-likeness (QED) is 0.883. The van der Waals surface area contributed by atoms with E-state index in [1.54, 1.807) is 0 Å². The van der Waals surface area contributed by atoms with Gasteiger partial charge in [0.1, 0.15) is 5.82 Å². The smallest absolute Gasteiger partial charge is 0.110 e. The maximum Gasteiger partial charge on any atom is 0.110 e. The van der Waals surface area contributed by atoms with Crippen LogP contribution >= 0.6 is 0 Å². The van der Waals surface area contributed by atoms with E-state index in [1.807, 2.05) is 0 Å². The van der Waals surface area contributed by atoms with Gasteiger partial charge in [-0.15, -0.1) is 0 Å². The fourth-order valence-electron chi connectivity index (χ4n) is 3.33. The van der Waals surface area contributed by atoms with E-state index in [9.17, 15) is 0 Å². The van der Waals surface area contributed by atoms with Crippen molar-refractivity contribution >= 4 is 0 Å². The minimum absolute atomic E-state index is 0.158. The van der Waals surface area contributed by atoms with Gasteiger partial charge in [-0.3, -0.25) is 0 Å². The van der Waals surface area contributed by atoms with Gasteiger partial charge in [0.25, 0.3) is 0 Å². The number of fused-ring (bicyclic) bond motifs is 1. The highest BCUT2D eigenvalue weighted by Crippen LogP contribution is 2.24. The molecule has 1 aromatic rings. The number of hydrogen-bond acceptors (Lipinski definition) is 3. The lowest BCUT2D eigenvalue weighted by atomic mass is 10.0. The van der Waals surface area contributed by atoms with E-state index >= 15 is 0 Å². The Morgan fingerprint density at radius 1 is 1.44 bits per heavy atom. The molecule has 2 unspecified atom stereocenters. The van der Waals surface area contributed by atoms with E-state index in [-0.39, 0.29) is 6.17 Å². The van der Waals surface area contributed by atoms with Crippen molar-refractivity contribution in [2.24, 2.45) is 11.7 Å². The third-order valence-electron chi connectivity index (χ3n) is 4.43. The molecule has 1 aromatic heterocycles. The number of imidazole rings is 1. The maximum absolute atomic E-state index is 6.13. The van der Waals surface area contributed by atoms with E-state index in [2.05, 4.69) is 22.6 Å². The predicted molar refractivity (Wildman–Crippen MR) is 72.3 cm³/mol. The Labute approximate surface area is 109 Å². The molecule has 2 atom stereocenters. The number of hydrogen-bond donors (Lipinski definition) is 1. The van der Waals surface area contributed by atoms with E-state index in [4.69, 9.17) is 10.7 Å². The molecule has 18 heavy (non-hydrogen) atoms. The summed E-state index contributed by atoms with van der Waals surface area (Å²) in [5, 5.41) is 0. The fraction of sp³-hybridized carbons (Fsp3) is 0.786. The molecule has 2 aliphatic rings. The fourth-order valence-corrected chi connectivity index (χ4v) is 3.33. The highest BCUT2D eigenvalue weighted by atomic mass is 15.2. The van der Waals surface area contributed by atoms with Crippen LogP contribution in [-0.4, -0.2) is 34.1 Å². The van der Waals surface area contributed by atoms with Gasteiger partial charge in [-0.25, -0.2) is 4.98 Å². The summed E-state index contributed by atoms with van der Waals surface area (Å²) in [4.78, 5) is 7.31. The molecule has 3 rings (SSSR count). The lowest BCUT2D eigenvalue weighted by Crippen LogP contribution is -2.24. The van der Waals surface area contributed by atoms with Crippen LogP contribution in [0.3, 0.4) is 0 Å². The first kappa shape index (κ1) is 12.2. The number of aromatic nitrogens is 2. The van der Waals surface area contributed by atoms with Crippen molar-refractivity contribution in [3.05, 3.63) is 17.7 Å². The van der Waals surface area contributed by atoms with Crippen molar-refractivity contribution in [1.82, 2.24) is 14.5 Å². The molecular formula is C14H24N4. The molecule has 2 aliphatic heterocycles. The van der Waals surface area contributed by atoms with Crippen LogP contribution in [0.15, 0.2) is 6.20 Å². The van der Waals surface area contributed by atoms with Gasteiger partial charge in [-0.1, -0.05) is 6.92 Å². The zero-order valence-corrected chi connectivity index (χ0v) is 11.3. The van der Waals surface area contributed by atoms with Crippen LogP contribution in [0.25, 0.3) is 0 Å². The predicted octanol–water partition coefficient (Wildman–Crippen LogP) is 1.56. The van der Waals surface area contributed by atoms with E-state index in [0.717, 1.165) is 25.2 Å². The third kappa shape index (κ3) is 2.31. The lowest BCUT2D eigenvalue weighted by Gasteiger charge is -2.20. The SMILES string of the molecule is CCN1CCC(Cc2cn3c(n2)CCCC3N)C1. The minimum Gasteiger partial charge on any atom is -0.319 e. The van der Waals surface area contributed by atoms with Crippen LogP contribution < -0.4 is 5.73 Å². The van der Waals surface area contributed by atoms with Crippen molar-refractivity contribution in [2.75, 3.05) is 19.6 Å².